The zero-order valence-corrected chi connectivity index (χ0v) is 17.9. The molecule has 0 saturated heterocycles. The summed E-state index contributed by atoms with van der Waals surface area (Å²) in [6.07, 6.45) is 2.53. The molecule has 10 nitrogen and oxygen atoms in total. The minimum atomic E-state index is -4.09. The highest BCUT2D eigenvalue weighted by Gasteiger charge is 2.27. The molecule has 0 aliphatic rings. The van der Waals surface area contributed by atoms with Crippen molar-refractivity contribution < 1.29 is 18.1 Å². The fourth-order valence-electron chi connectivity index (χ4n) is 2.59. The lowest BCUT2D eigenvalue weighted by molar-refractivity contribution is -0.384. The van der Waals surface area contributed by atoms with E-state index in [0.29, 0.717) is 0 Å². The fraction of sp³-hybridized carbons (Fsp3) is 0.0500. The van der Waals surface area contributed by atoms with Gasteiger partial charge in [0.1, 0.15) is 12.4 Å². The third kappa shape index (κ3) is 5.45. The average molecular weight is 474 g/mol. The van der Waals surface area contributed by atoms with E-state index < -0.39 is 27.4 Å². The normalized spacial score (nSPS) is 11.3. The standard InChI is InChI=1S/C20H16ClN5O5S/c21-18-10-9-16(26(28)29)12-15(18)13-23-24-20(27)14-25(19-8-4-5-11-22-19)32(30,31)17-6-2-1-3-7-17/h1-13H,14H2,(H,24,27)/b23-13-. The highest BCUT2D eigenvalue weighted by molar-refractivity contribution is 7.92. The van der Waals surface area contributed by atoms with Crippen LogP contribution in [0.2, 0.25) is 5.02 Å². The molecule has 0 spiro atoms. The summed E-state index contributed by atoms with van der Waals surface area (Å²) in [7, 11) is -4.09. The molecule has 32 heavy (non-hydrogen) atoms. The summed E-state index contributed by atoms with van der Waals surface area (Å²) in [5.74, 6) is -0.704. The third-order valence-corrected chi connectivity index (χ3v) is 6.22. The van der Waals surface area contributed by atoms with Crippen molar-refractivity contribution in [2.24, 2.45) is 5.10 Å². The topological polar surface area (TPSA) is 135 Å². The predicted molar refractivity (Wildman–Crippen MR) is 119 cm³/mol. The maximum atomic E-state index is 13.1. The molecule has 0 fully saturated rings. The second-order valence-corrected chi connectivity index (χ2v) is 8.54. The summed E-state index contributed by atoms with van der Waals surface area (Å²) in [6, 6.07) is 16.0. The van der Waals surface area contributed by atoms with Crippen LogP contribution in [0, 0.1) is 10.1 Å². The average Bonchev–Trinajstić information content (AvgIpc) is 2.79. The molecule has 1 amide bonds. The number of hydrazone groups is 1. The monoisotopic (exact) mass is 473 g/mol. The Hall–Kier alpha value is -3.83. The second-order valence-electron chi connectivity index (χ2n) is 6.27. The maximum absolute atomic E-state index is 13.1. The van der Waals surface area contributed by atoms with Gasteiger partial charge in [-0.05, 0) is 30.3 Å². The number of nitrogens with zero attached hydrogens (tertiary/aromatic N) is 4. The van der Waals surface area contributed by atoms with Crippen LogP contribution in [0.1, 0.15) is 5.56 Å². The van der Waals surface area contributed by atoms with E-state index in [2.05, 4.69) is 15.5 Å². The number of halogens is 1. The SMILES string of the molecule is O=C(CN(c1ccccn1)S(=O)(=O)c1ccccc1)N/N=C\c1cc([N+](=O)[O-])ccc1Cl. The van der Waals surface area contributed by atoms with E-state index in [-0.39, 0.29) is 27.0 Å². The van der Waals surface area contributed by atoms with Crippen molar-refractivity contribution >= 4 is 45.3 Å². The van der Waals surface area contributed by atoms with Gasteiger partial charge in [0.25, 0.3) is 21.6 Å². The van der Waals surface area contributed by atoms with Crippen LogP contribution in [0.4, 0.5) is 11.5 Å². The van der Waals surface area contributed by atoms with Crippen LogP contribution in [0.25, 0.3) is 0 Å². The van der Waals surface area contributed by atoms with Gasteiger partial charge in [-0.3, -0.25) is 14.9 Å². The van der Waals surface area contributed by atoms with E-state index in [0.717, 1.165) is 10.5 Å². The number of sulfonamides is 1. The van der Waals surface area contributed by atoms with Gasteiger partial charge >= 0.3 is 0 Å². The molecule has 3 rings (SSSR count). The Morgan fingerprint density at radius 3 is 2.53 bits per heavy atom. The first-order valence-corrected chi connectivity index (χ1v) is 10.9. The number of hydrogen-bond donors (Lipinski definition) is 1. The Labute approximate surface area is 188 Å². The molecule has 12 heteroatoms. The van der Waals surface area contributed by atoms with Gasteiger partial charge in [0.15, 0.2) is 0 Å². The van der Waals surface area contributed by atoms with E-state index in [1.807, 2.05) is 0 Å². The Balaban J connectivity index is 1.80. The van der Waals surface area contributed by atoms with Crippen LogP contribution in [0.5, 0.6) is 0 Å². The minimum absolute atomic E-state index is 0.00895. The molecule has 0 saturated carbocycles. The number of nitro groups is 1. The first-order valence-electron chi connectivity index (χ1n) is 9.03. The highest BCUT2D eigenvalue weighted by Crippen LogP contribution is 2.22. The van der Waals surface area contributed by atoms with Gasteiger partial charge < -0.3 is 0 Å². The quantitative estimate of drug-likeness (QED) is 0.303. The molecule has 3 aromatic rings. The first-order chi connectivity index (χ1) is 15.3. The van der Waals surface area contributed by atoms with E-state index >= 15 is 0 Å². The number of pyridine rings is 1. The Morgan fingerprint density at radius 1 is 1.16 bits per heavy atom. The number of carbonyl (C=O) groups is 1. The van der Waals surface area contributed by atoms with Gasteiger partial charge in [0, 0.05) is 28.9 Å². The van der Waals surface area contributed by atoms with Gasteiger partial charge in [-0.15, -0.1) is 0 Å². The predicted octanol–water partition coefficient (Wildman–Crippen LogP) is 2.99. The summed E-state index contributed by atoms with van der Waals surface area (Å²) in [4.78, 5) is 26.8. The number of hydrogen-bond acceptors (Lipinski definition) is 7. The molecule has 2 aromatic carbocycles. The van der Waals surface area contributed by atoms with Crippen molar-refractivity contribution in [1.82, 2.24) is 10.4 Å². The number of aromatic nitrogens is 1. The van der Waals surface area contributed by atoms with Crippen molar-refractivity contribution in [3.05, 3.63) is 93.6 Å². The summed E-state index contributed by atoms with van der Waals surface area (Å²) in [5, 5.41) is 14.8. The summed E-state index contributed by atoms with van der Waals surface area (Å²) >= 11 is 5.99. The number of carbonyl (C=O) groups excluding carboxylic acids is 1. The number of amides is 1. The Kier molecular flexibility index (Phi) is 7.13. The maximum Gasteiger partial charge on any atom is 0.270 e. The summed E-state index contributed by atoms with van der Waals surface area (Å²) in [6.45, 7) is -0.603. The van der Waals surface area contributed by atoms with Gasteiger partial charge in [-0.1, -0.05) is 35.9 Å². The van der Waals surface area contributed by atoms with E-state index in [9.17, 15) is 23.3 Å². The number of benzene rings is 2. The van der Waals surface area contributed by atoms with E-state index in [1.54, 1.807) is 30.3 Å². The number of rotatable bonds is 8. The van der Waals surface area contributed by atoms with E-state index in [4.69, 9.17) is 11.6 Å². The van der Waals surface area contributed by atoms with Crippen molar-refractivity contribution in [3.63, 3.8) is 0 Å². The van der Waals surface area contributed by atoms with Gasteiger partial charge in [-0.2, -0.15) is 5.10 Å². The second kappa shape index (κ2) is 9.98. The van der Waals surface area contributed by atoms with Gasteiger partial charge in [-0.25, -0.2) is 23.1 Å². The molecule has 164 valence electrons. The fourth-order valence-corrected chi connectivity index (χ4v) is 4.16. The largest absolute Gasteiger partial charge is 0.271 e. The number of non-ortho nitro benzene ring substituents is 1. The molecule has 0 radical (unpaired) electrons. The van der Waals surface area contributed by atoms with Crippen molar-refractivity contribution in [3.8, 4) is 0 Å². The molecule has 0 unspecified atom stereocenters. The summed E-state index contributed by atoms with van der Waals surface area (Å²) < 4.78 is 27.0. The lowest BCUT2D eigenvalue weighted by atomic mass is 10.2. The van der Waals surface area contributed by atoms with Crippen LogP contribution in [-0.4, -0.2) is 37.0 Å². The minimum Gasteiger partial charge on any atom is -0.271 e. The molecule has 1 aromatic heterocycles. The molecule has 1 N–H and O–H groups in total. The highest BCUT2D eigenvalue weighted by atomic mass is 35.5. The van der Waals surface area contributed by atoms with Crippen LogP contribution < -0.4 is 9.73 Å². The van der Waals surface area contributed by atoms with Crippen LogP contribution in [0.3, 0.4) is 0 Å². The molecule has 0 aliphatic heterocycles. The molecular formula is C20H16ClN5O5S. The third-order valence-electron chi connectivity index (χ3n) is 4.11. The number of nitrogens with one attached hydrogen (secondary N) is 1. The first kappa shape index (κ1) is 22.8. The van der Waals surface area contributed by atoms with Crippen LogP contribution >= 0.6 is 11.6 Å². The molecule has 0 atom stereocenters. The zero-order valence-electron chi connectivity index (χ0n) is 16.3. The van der Waals surface area contributed by atoms with Crippen LogP contribution in [0.15, 0.2) is 82.9 Å². The number of anilines is 1. The van der Waals surface area contributed by atoms with Crippen molar-refractivity contribution in [2.75, 3.05) is 10.8 Å². The molecule has 0 aliphatic carbocycles. The number of nitro benzene ring substituents is 1. The van der Waals surface area contributed by atoms with Gasteiger partial charge in [0.2, 0.25) is 0 Å². The van der Waals surface area contributed by atoms with E-state index in [1.165, 1.54) is 42.6 Å². The lowest BCUT2D eigenvalue weighted by Crippen LogP contribution is -2.40. The van der Waals surface area contributed by atoms with Crippen molar-refractivity contribution in [1.29, 1.82) is 0 Å². The summed E-state index contributed by atoms with van der Waals surface area (Å²) in [5.41, 5.74) is 2.21. The van der Waals surface area contributed by atoms with Gasteiger partial charge in [0.05, 0.1) is 16.0 Å². The lowest BCUT2D eigenvalue weighted by Gasteiger charge is -2.22. The molecular weight excluding hydrogens is 458 g/mol. The van der Waals surface area contributed by atoms with Crippen LogP contribution in [-0.2, 0) is 14.8 Å². The zero-order chi connectivity index (χ0) is 23.1. The molecule has 1 heterocycles. The van der Waals surface area contributed by atoms with Crippen molar-refractivity contribution in [2.45, 2.75) is 4.90 Å². The Morgan fingerprint density at radius 2 is 1.88 bits per heavy atom. The smallest absolute Gasteiger partial charge is 0.270 e. The Bertz CT molecular complexity index is 1250. The molecule has 0 bridgehead atoms.